The summed E-state index contributed by atoms with van der Waals surface area (Å²) < 4.78 is 27.8. The molecule has 0 bridgehead atoms. The van der Waals surface area contributed by atoms with Crippen molar-refractivity contribution in [2.75, 3.05) is 16.7 Å². The maximum Gasteiger partial charge on any atom is 0.261 e. The van der Waals surface area contributed by atoms with Crippen molar-refractivity contribution in [2.24, 2.45) is 0 Å². The van der Waals surface area contributed by atoms with Crippen molar-refractivity contribution in [1.29, 1.82) is 0 Å². The standard InChI is InChI=1S/C18H19ClN2O3S/c1-11-9-13(10-15-16(11)21(4)17(22)18(15,2)3)20-25(23,24)14-7-5-12(19)6-8-14/h5-10,20H,1-4H3. The number of rotatable bonds is 3. The molecule has 1 aliphatic heterocycles. The molecule has 132 valence electrons. The van der Waals surface area contributed by atoms with Gasteiger partial charge in [-0.05, 0) is 68.3 Å². The van der Waals surface area contributed by atoms with Gasteiger partial charge < -0.3 is 4.90 Å². The van der Waals surface area contributed by atoms with E-state index in [2.05, 4.69) is 4.72 Å². The highest BCUT2D eigenvalue weighted by Gasteiger charge is 2.43. The highest BCUT2D eigenvalue weighted by atomic mass is 35.5. The number of amides is 1. The normalized spacial score (nSPS) is 16.0. The van der Waals surface area contributed by atoms with E-state index in [1.165, 1.54) is 24.3 Å². The molecule has 1 aliphatic rings. The summed E-state index contributed by atoms with van der Waals surface area (Å²) in [5.74, 6) is -0.0108. The van der Waals surface area contributed by atoms with E-state index in [1.54, 1.807) is 24.1 Å². The molecule has 3 rings (SSSR count). The first-order chi connectivity index (χ1) is 11.5. The van der Waals surface area contributed by atoms with Crippen molar-refractivity contribution < 1.29 is 13.2 Å². The molecule has 25 heavy (non-hydrogen) atoms. The Morgan fingerprint density at radius 3 is 2.32 bits per heavy atom. The number of nitrogens with zero attached hydrogens (tertiary/aromatic N) is 1. The Morgan fingerprint density at radius 2 is 1.72 bits per heavy atom. The number of carbonyl (C=O) groups excluding carboxylic acids is 1. The molecule has 0 saturated carbocycles. The number of halogens is 1. The SMILES string of the molecule is Cc1cc(NS(=O)(=O)c2ccc(Cl)cc2)cc2c1N(C)C(=O)C2(C)C. The second-order valence-electron chi connectivity index (χ2n) is 6.74. The molecule has 2 aromatic carbocycles. The number of hydrogen-bond donors (Lipinski definition) is 1. The lowest BCUT2D eigenvalue weighted by atomic mass is 9.85. The highest BCUT2D eigenvalue weighted by molar-refractivity contribution is 7.92. The van der Waals surface area contributed by atoms with Crippen LogP contribution in [0.1, 0.15) is 25.0 Å². The Bertz CT molecular complexity index is 967. The lowest BCUT2D eigenvalue weighted by molar-refractivity contribution is -0.121. The quantitative estimate of drug-likeness (QED) is 0.885. The number of nitrogens with one attached hydrogen (secondary N) is 1. The zero-order valence-corrected chi connectivity index (χ0v) is 16.0. The Labute approximate surface area is 152 Å². The topological polar surface area (TPSA) is 66.5 Å². The summed E-state index contributed by atoms with van der Waals surface area (Å²) in [6.45, 7) is 5.55. The average Bonchev–Trinajstić information content (AvgIpc) is 2.69. The Balaban J connectivity index is 2.04. The molecule has 1 amide bonds. The molecule has 0 saturated heterocycles. The van der Waals surface area contributed by atoms with Crippen molar-refractivity contribution in [3.05, 3.63) is 52.5 Å². The fourth-order valence-electron chi connectivity index (χ4n) is 3.22. The van der Waals surface area contributed by atoms with Gasteiger partial charge in [-0.1, -0.05) is 11.6 Å². The number of likely N-dealkylation sites (N-methyl/N-ethyl adjacent to an activating group) is 1. The van der Waals surface area contributed by atoms with Crippen LogP contribution in [0, 0.1) is 6.92 Å². The van der Waals surface area contributed by atoms with Gasteiger partial charge in [-0.3, -0.25) is 9.52 Å². The van der Waals surface area contributed by atoms with Gasteiger partial charge in [0.15, 0.2) is 0 Å². The van der Waals surface area contributed by atoms with Crippen LogP contribution in [0.25, 0.3) is 0 Å². The molecule has 7 heteroatoms. The first kappa shape index (κ1) is 17.8. The van der Waals surface area contributed by atoms with E-state index in [-0.39, 0.29) is 10.8 Å². The third-order valence-electron chi connectivity index (χ3n) is 4.52. The van der Waals surface area contributed by atoms with Crippen molar-refractivity contribution in [3.8, 4) is 0 Å². The van der Waals surface area contributed by atoms with E-state index in [0.717, 1.165) is 16.8 Å². The van der Waals surface area contributed by atoms with E-state index in [4.69, 9.17) is 11.6 Å². The predicted octanol–water partition coefficient (Wildman–Crippen LogP) is 3.70. The van der Waals surface area contributed by atoms with Crippen LogP contribution in [0.15, 0.2) is 41.3 Å². The van der Waals surface area contributed by atoms with E-state index in [9.17, 15) is 13.2 Å². The van der Waals surface area contributed by atoms with E-state index >= 15 is 0 Å². The number of benzene rings is 2. The maximum atomic E-state index is 12.6. The number of carbonyl (C=O) groups is 1. The van der Waals surface area contributed by atoms with Gasteiger partial charge >= 0.3 is 0 Å². The summed E-state index contributed by atoms with van der Waals surface area (Å²) in [4.78, 5) is 14.2. The molecule has 2 aromatic rings. The number of sulfonamides is 1. The molecule has 0 aromatic heterocycles. The third-order valence-corrected chi connectivity index (χ3v) is 6.17. The van der Waals surface area contributed by atoms with Crippen molar-refractivity contribution in [2.45, 2.75) is 31.1 Å². The van der Waals surface area contributed by atoms with Crippen molar-refractivity contribution in [3.63, 3.8) is 0 Å². The van der Waals surface area contributed by atoms with Gasteiger partial charge in [0.1, 0.15) is 0 Å². The van der Waals surface area contributed by atoms with Crippen molar-refractivity contribution >= 4 is 38.9 Å². The molecule has 1 N–H and O–H groups in total. The molecule has 0 radical (unpaired) electrons. The minimum atomic E-state index is -3.74. The minimum absolute atomic E-state index is 0.0108. The minimum Gasteiger partial charge on any atom is -0.314 e. The molecule has 0 atom stereocenters. The Morgan fingerprint density at radius 1 is 1.12 bits per heavy atom. The van der Waals surface area contributed by atoms with Crippen LogP contribution in [0.5, 0.6) is 0 Å². The van der Waals surface area contributed by atoms with E-state index in [1.807, 2.05) is 20.8 Å². The molecule has 0 aliphatic carbocycles. The summed E-state index contributed by atoms with van der Waals surface area (Å²) in [5.41, 5.74) is 2.23. The smallest absolute Gasteiger partial charge is 0.261 e. The molecular weight excluding hydrogens is 360 g/mol. The van der Waals surface area contributed by atoms with Gasteiger partial charge in [-0.15, -0.1) is 0 Å². The van der Waals surface area contributed by atoms with Crippen LogP contribution in [0.4, 0.5) is 11.4 Å². The monoisotopic (exact) mass is 378 g/mol. The summed E-state index contributed by atoms with van der Waals surface area (Å²) >= 11 is 5.81. The number of anilines is 2. The van der Waals surface area contributed by atoms with Gasteiger partial charge in [0.2, 0.25) is 5.91 Å². The van der Waals surface area contributed by atoms with Gasteiger partial charge in [-0.25, -0.2) is 8.42 Å². The van der Waals surface area contributed by atoms with Crippen LogP contribution in [-0.2, 0) is 20.2 Å². The fourth-order valence-corrected chi connectivity index (χ4v) is 4.39. The second kappa shape index (κ2) is 5.75. The Kier molecular flexibility index (Phi) is 4.08. The summed E-state index contributed by atoms with van der Waals surface area (Å²) in [7, 11) is -2.00. The zero-order valence-electron chi connectivity index (χ0n) is 14.4. The number of aryl methyl sites for hydroxylation is 1. The van der Waals surface area contributed by atoms with Crippen LogP contribution < -0.4 is 9.62 Å². The lowest BCUT2D eigenvalue weighted by Gasteiger charge is -2.17. The molecule has 0 unspecified atom stereocenters. The van der Waals surface area contributed by atoms with E-state index < -0.39 is 15.4 Å². The summed E-state index contributed by atoms with van der Waals surface area (Å²) in [6.07, 6.45) is 0. The lowest BCUT2D eigenvalue weighted by Crippen LogP contribution is -2.33. The van der Waals surface area contributed by atoms with Crippen LogP contribution in [0.3, 0.4) is 0 Å². The first-order valence-electron chi connectivity index (χ1n) is 7.76. The van der Waals surface area contributed by atoms with Crippen LogP contribution in [-0.4, -0.2) is 21.4 Å². The summed E-state index contributed by atoms with van der Waals surface area (Å²) in [5, 5.41) is 0.468. The second-order valence-corrected chi connectivity index (χ2v) is 8.86. The number of fused-ring (bicyclic) bond motifs is 1. The molecule has 0 spiro atoms. The van der Waals surface area contributed by atoms with Gasteiger partial charge in [0, 0.05) is 17.8 Å². The molecule has 0 fully saturated rings. The molecule has 1 heterocycles. The first-order valence-corrected chi connectivity index (χ1v) is 9.62. The number of hydrogen-bond acceptors (Lipinski definition) is 3. The highest BCUT2D eigenvalue weighted by Crippen LogP contribution is 2.44. The van der Waals surface area contributed by atoms with Gasteiger partial charge in [0.25, 0.3) is 10.0 Å². The van der Waals surface area contributed by atoms with E-state index in [0.29, 0.717) is 10.7 Å². The largest absolute Gasteiger partial charge is 0.314 e. The summed E-state index contributed by atoms with van der Waals surface area (Å²) in [6, 6.07) is 9.43. The van der Waals surface area contributed by atoms with Crippen LogP contribution in [0.2, 0.25) is 5.02 Å². The van der Waals surface area contributed by atoms with Crippen molar-refractivity contribution in [1.82, 2.24) is 0 Å². The zero-order chi connectivity index (χ0) is 18.6. The maximum absolute atomic E-state index is 12.6. The fraction of sp³-hybridized carbons (Fsp3) is 0.278. The molecule has 5 nitrogen and oxygen atoms in total. The van der Waals surface area contributed by atoms with Gasteiger partial charge in [-0.2, -0.15) is 0 Å². The third kappa shape index (κ3) is 2.89. The van der Waals surface area contributed by atoms with Gasteiger partial charge in [0.05, 0.1) is 16.0 Å². The average molecular weight is 379 g/mol. The predicted molar refractivity (Wildman–Crippen MR) is 99.9 cm³/mol. The molecular formula is C18H19ClN2O3S. The van der Waals surface area contributed by atoms with Crippen LogP contribution >= 0.6 is 11.6 Å². The Hall–Kier alpha value is -2.05.